The highest BCUT2D eigenvalue weighted by Gasteiger charge is 2.07. The number of nitrogens with zero attached hydrogens (tertiary/aromatic N) is 5. The van der Waals surface area contributed by atoms with Crippen LogP contribution in [-0.4, -0.2) is 19.3 Å². The van der Waals surface area contributed by atoms with Crippen LogP contribution in [0.3, 0.4) is 0 Å². The summed E-state index contributed by atoms with van der Waals surface area (Å²) >= 11 is 0. The number of unbranched alkanes of at least 4 members (excludes halogenated alkanes) is 1. The van der Waals surface area contributed by atoms with Crippen molar-refractivity contribution in [3.8, 4) is 11.4 Å². The van der Waals surface area contributed by atoms with Gasteiger partial charge in [-0.05, 0) is 18.6 Å². The lowest BCUT2D eigenvalue weighted by molar-refractivity contribution is -0.696. The maximum absolute atomic E-state index is 4.16. The average molecular weight is 268 g/mol. The van der Waals surface area contributed by atoms with Crippen LogP contribution in [0.25, 0.3) is 11.4 Å². The fourth-order valence-corrected chi connectivity index (χ4v) is 2.16. The Morgan fingerprint density at radius 3 is 2.95 bits per heavy atom. The molecule has 0 bridgehead atoms. The maximum Gasteiger partial charge on any atom is 0.248 e. The Labute approximate surface area is 118 Å². The van der Waals surface area contributed by atoms with Crippen molar-refractivity contribution >= 4 is 0 Å². The number of benzene rings is 1. The zero-order chi connectivity index (χ0) is 13.8. The summed E-state index contributed by atoms with van der Waals surface area (Å²) in [4.78, 5) is 3.98. The molecular formula is C15H18N5+. The highest BCUT2D eigenvalue weighted by Crippen LogP contribution is 2.12. The molecule has 0 fully saturated rings. The van der Waals surface area contributed by atoms with Crippen LogP contribution in [0.4, 0.5) is 0 Å². The summed E-state index contributed by atoms with van der Waals surface area (Å²) in [6.07, 6.45) is 12.0. The monoisotopic (exact) mass is 268 g/mol. The van der Waals surface area contributed by atoms with Crippen LogP contribution in [0.1, 0.15) is 19.8 Å². The van der Waals surface area contributed by atoms with Gasteiger partial charge in [-0.25, -0.2) is 18.8 Å². The van der Waals surface area contributed by atoms with E-state index < -0.39 is 0 Å². The quantitative estimate of drug-likeness (QED) is 0.665. The van der Waals surface area contributed by atoms with Gasteiger partial charge in [-0.3, -0.25) is 0 Å². The SMILES string of the molecule is CCCC[n+]1ccn(-c2cccc(-n3cncn3)c2)c1. The largest absolute Gasteiger partial charge is 0.248 e. The third kappa shape index (κ3) is 2.61. The van der Waals surface area contributed by atoms with Crippen LogP contribution in [0.5, 0.6) is 0 Å². The van der Waals surface area contributed by atoms with E-state index in [0.717, 1.165) is 17.9 Å². The third-order valence-electron chi connectivity index (χ3n) is 3.27. The van der Waals surface area contributed by atoms with E-state index in [1.165, 1.54) is 12.8 Å². The van der Waals surface area contributed by atoms with Gasteiger partial charge in [-0.1, -0.05) is 19.4 Å². The minimum atomic E-state index is 1.01. The minimum absolute atomic E-state index is 1.01. The molecule has 102 valence electrons. The van der Waals surface area contributed by atoms with Crippen molar-refractivity contribution in [2.45, 2.75) is 26.3 Å². The lowest BCUT2D eigenvalue weighted by Gasteiger charge is -2.01. The summed E-state index contributed by atoms with van der Waals surface area (Å²) in [5.74, 6) is 0. The number of hydrogen-bond acceptors (Lipinski definition) is 2. The van der Waals surface area contributed by atoms with Gasteiger partial charge in [0.05, 0.1) is 12.2 Å². The lowest BCUT2D eigenvalue weighted by atomic mass is 10.3. The molecule has 0 radical (unpaired) electrons. The van der Waals surface area contributed by atoms with E-state index >= 15 is 0 Å². The van der Waals surface area contributed by atoms with Crippen LogP contribution in [-0.2, 0) is 6.54 Å². The molecule has 5 heteroatoms. The maximum atomic E-state index is 4.16. The molecule has 0 amide bonds. The van der Waals surface area contributed by atoms with E-state index in [1.54, 1.807) is 17.3 Å². The number of hydrogen-bond donors (Lipinski definition) is 0. The van der Waals surface area contributed by atoms with Gasteiger partial charge in [0.15, 0.2) is 0 Å². The van der Waals surface area contributed by atoms with Gasteiger partial charge >= 0.3 is 0 Å². The van der Waals surface area contributed by atoms with E-state index in [9.17, 15) is 0 Å². The molecule has 2 heterocycles. The summed E-state index contributed by atoms with van der Waals surface area (Å²) in [6.45, 7) is 3.27. The summed E-state index contributed by atoms with van der Waals surface area (Å²) in [5.41, 5.74) is 2.13. The third-order valence-corrected chi connectivity index (χ3v) is 3.27. The Kier molecular flexibility index (Phi) is 3.58. The van der Waals surface area contributed by atoms with Crippen molar-refractivity contribution in [1.82, 2.24) is 19.3 Å². The second-order valence-electron chi connectivity index (χ2n) is 4.77. The zero-order valence-electron chi connectivity index (χ0n) is 11.6. The van der Waals surface area contributed by atoms with Crippen LogP contribution < -0.4 is 4.57 Å². The standard InChI is InChI=1S/C15H18N5/c1-2-3-7-18-8-9-19(13-18)14-5-4-6-15(10-14)20-12-16-11-17-20/h4-6,8-13H,2-3,7H2,1H3/q+1. The highest BCUT2D eigenvalue weighted by atomic mass is 15.3. The Morgan fingerprint density at radius 2 is 2.15 bits per heavy atom. The molecule has 0 aliphatic carbocycles. The molecule has 20 heavy (non-hydrogen) atoms. The Bertz CT molecular complexity index is 669. The molecule has 5 nitrogen and oxygen atoms in total. The molecule has 0 unspecified atom stereocenters. The smallest absolute Gasteiger partial charge is 0.236 e. The summed E-state index contributed by atoms with van der Waals surface area (Å²) in [7, 11) is 0. The second-order valence-corrected chi connectivity index (χ2v) is 4.77. The molecule has 0 N–H and O–H groups in total. The van der Waals surface area contributed by atoms with E-state index in [1.807, 2.05) is 12.1 Å². The van der Waals surface area contributed by atoms with Gasteiger partial charge in [-0.15, -0.1) is 0 Å². The summed E-state index contributed by atoms with van der Waals surface area (Å²) in [6, 6.07) is 8.24. The van der Waals surface area contributed by atoms with Gasteiger partial charge in [0.2, 0.25) is 6.33 Å². The molecule has 0 atom stereocenters. The van der Waals surface area contributed by atoms with E-state index in [4.69, 9.17) is 0 Å². The molecule has 0 aliphatic rings. The van der Waals surface area contributed by atoms with Gasteiger partial charge in [0.1, 0.15) is 30.7 Å². The van der Waals surface area contributed by atoms with Crippen LogP contribution in [0.2, 0.25) is 0 Å². The first-order valence-electron chi connectivity index (χ1n) is 6.89. The Hall–Kier alpha value is -2.43. The van der Waals surface area contributed by atoms with Gasteiger partial charge in [0, 0.05) is 6.07 Å². The van der Waals surface area contributed by atoms with Crippen LogP contribution in [0.15, 0.2) is 55.6 Å². The predicted octanol–water partition coefficient (Wildman–Crippen LogP) is 2.15. The molecule has 0 saturated heterocycles. The van der Waals surface area contributed by atoms with Crippen molar-refractivity contribution in [1.29, 1.82) is 0 Å². The molecular weight excluding hydrogens is 250 g/mol. The van der Waals surface area contributed by atoms with Crippen LogP contribution in [0, 0.1) is 0 Å². The molecule has 1 aromatic carbocycles. The minimum Gasteiger partial charge on any atom is -0.236 e. The average Bonchev–Trinajstić information content (AvgIpc) is 3.17. The van der Waals surface area contributed by atoms with Gasteiger partial charge in [-0.2, -0.15) is 5.10 Å². The second kappa shape index (κ2) is 5.69. The fourth-order valence-electron chi connectivity index (χ4n) is 2.16. The highest BCUT2D eigenvalue weighted by molar-refractivity contribution is 5.42. The van der Waals surface area contributed by atoms with Crippen molar-refractivity contribution in [3.63, 3.8) is 0 Å². The van der Waals surface area contributed by atoms with Gasteiger partial charge in [0.25, 0.3) is 0 Å². The Morgan fingerprint density at radius 1 is 1.25 bits per heavy atom. The molecule has 3 aromatic rings. The molecule has 3 rings (SSSR count). The molecule has 0 saturated carbocycles. The number of imidazole rings is 1. The van der Waals surface area contributed by atoms with Crippen molar-refractivity contribution in [2.24, 2.45) is 0 Å². The van der Waals surface area contributed by atoms with Crippen molar-refractivity contribution in [3.05, 3.63) is 55.6 Å². The first kappa shape index (κ1) is 12.6. The van der Waals surface area contributed by atoms with Crippen molar-refractivity contribution < 1.29 is 4.57 Å². The van der Waals surface area contributed by atoms with Crippen molar-refractivity contribution in [2.75, 3.05) is 0 Å². The number of aryl methyl sites for hydroxylation is 1. The Balaban J connectivity index is 1.87. The topological polar surface area (TPSA) is 39.5 Å². The summed E-state index contributed by atoms with van der Waals surface area (Å²) in [5, 5.41) is 4.16. The van der Waals surface area contributed by atoms with Crippen LogP contribution >= 0.6 is 0 Å². The van der Waals surface area contributed by atoms with E-state index in [2.05, 4.69) is 57.0 Å². The van der Waals surface area contributed by atoms with Gasteiger partial charge < -0.3 is 0 Å². The number of rotatable bonds is 5. The first-order chi connectivity index (χ1) is 9.86. The molecule has 0 aliphatic heterocycles. The van der Waals surface area contributed by atoms with E-state index in [0.29, 0.717) is 0 Å². The zero-order valence-corrected chi connectivity index (χ0v) is 11.6. The lowest BCUT2D eigenvalue weighted by Crippen LogP contribution is -2.30. The predicted molar refractivity (Wildman–Crippen MR) is 75.8 cm³/mol. The summed E-state index contributed by atoms with van der Waals surface area (Å²) < 4.78 is 6.10. The fraction of sp³-hybridized carbons (Fsp3) is 0.267. The molecule has 0 spiro atoms. The molecule has 2 aromatic heterocycles. The van der Waals surface area contributed by atoms with E-state index in [-0.39, 0.29) is 0 Å². The number of aromatic nitrogens is 5. The normalized spacial score (nSPS) is 10.8. The first-order valence-corrected chi connectivity index (χ1v) is 6.89.